The second kappa shape index (κ2) is 5.85. The van der Waals surface area contributed by atoms with Crippen LogP contribution in [-0.4, -0.2) is 18.1 Å². The summed E-state index contributed by atoms with van der Waals surface area (Å²) in [6, 6.07) is 17.4. The number of aromatic nitrogens is 1. The minimum absolute atomic E-state index is 0.289. The zero-order chi connectivity index (χ0) is 15.5. The lowest BCUT2D eigenvalue weighted by molar-refractivity contribution is 0.0594. The predicted octanol–water partition coefficient (Wildman–Crippen LogP) is 4.07. The zero-order valence-corrected chi connectivity index (χ0v) is 12.5. The first-order valence-electron chi connectivity index (χ1n) is 7.00. The highest BCUT2D eigenvalue weighted by Gasteiger charge is 2.12. The van der Waals surface area contributed by atoms with Crippen molar-refractivity contribution in [3.8, 4) is 0 Å². The van der Waals surface area contributed by atoms with Crippen molar-refractivity contribution in [3.05, 3.63) is 65.9 Å². The Morgan fingerprint density at radius 3 is 2.55 bits per heavy atom. The number of pyridine rings is 1. The number of anilines is 2. The third kappa shape index (κ3) is 2.63. The van der Waals surface area contributed by atoms with Gasteiger partial charge in [0.05, 0.1) is 18.3 Å². The summed E-state index contributed by atoms with van der Waals surface area (Å²) in [5.74, 6) is -0.446. The normalized spacial score (nSPS) is 10.5. The molecule has 0 aliphatic heterocycles. The van der Waals surface area contributed by atoms with Crippen LogP contribution in [0, 0.1) is 6.92 Å². The number of aryl methyl sites for hydroxylation is 1. The fourth-order valence-corrected chi connectivity index (χ4v) is 2.35. The van der Waals surface area contributed by atoms with E-state index < -0.39 is 5.97 Å². The van der Waals surface area contributed by atoms with Gasteiger partial charge in [-0.3, -0.25) is 0 Å². The van der Waals surface area contributed by atoms with Crippen molar-refractivity contribution in [1.29, 1.82) is 0 Å². The molecule has 0 saturated carbocycles. The number of esters is 1. The number of benzene rings is 2. The smallest absolute Gasteiger partial charge is 0.356 e. The first-order chi connectivity index (χ1) is 10.7. The number of nitrogens with zero attached hydrogens (tertiary/aromatic N) is 1. The largest absolute Gasteiger partial charge is 0.464 e. The number of methoxy groups -OCH3 is 1. The SMILES string of the molecule is COC(=O)c1cc(Nc2ccccc2C)c2ccccc2n1. The highest BCUT2D eigenvalue weighted by molar-refractivity contribution is 5.98. The Morgan fingerprint density at radius 2 is 1.77 bits per heavy atom. The first kappa shape index (κ1) is 14.1. The van der Waals surface area contributed by atoms with Crippen LogP contribution in [0.25, 0.3) is 10.9 Å². The molecule has 0 fully saturated rings. The van der Waals surface area contributed by atoms with Gasteiger partial charge in [0.15, 0.2) is 5.69 Å². The minimum atomic E-state index is -0.446. The Balaban J connectivity index is 2.14. The molecule has 1 heterocycles. The summed E-state index contributed by atoms with van der Waals surface area (Å²) in [7, 11) is 1.35. The molecule has 22 heavy (non-hydrogen) atoms. The second-order valence-corrected chi connectivity index (χ2v) is 5.00. The van der Waals surface area contributed by atoms with Gasteiger partial charge in [-0.25, -0.2) is 9.78 Å². The number of hydrogen-bond acceptors (Lipinski definition) is 4. The lowest BCUT2D eigenvalue weighted by Crippen LogP contribution is -2.06. The summed E-state index contributed by atoms with van der Waals surface area (Å²) in [6.07, 6.45) is 0. The van der Waals surface area contributed by atoms with E-state index in [1.807, 2.05) is 55.5 Å². The van der Waals surface area contributed by atoms with Crippen LogP contribution in [-0.2, 0) is 4.74 Å². The molecule has 3 rings (SSSR count). The fourth-order valence-electron chi connectivity index (χ4n) is 2.35. The molecule has 0 unspecified atom stereocenters. The number of ether oxygens (including phenoxy) is 1. The Kier molecular flexibility index (Phi) is 3.74. The Labute approximate surface area is 128 Å². The van der Waals surface area contributed by atoms with E-state index in [1.54, 1.807) is 6.07 Å². The molecule has 0 saturated heterocycles. The first-order valence-corrected chi connectivity index (χ1v) is 7.00. The maximum atomic E-state index is 11.8. The molecule has 3 aromatic rings. The predicted molar refractivity (Wildman–Crippen MR) is 87.5 cm³/mol. The van der Waals surface area contributed by atoms with Gasteiger partial charge in [-0.05, 0) is 30.7 Å². The Morgan fingerprint density at radius 1 is 1.05 bits per heavy atom. The Hall–Kier alpha value is -2.88. The van der Waals surface area contributed by atoms with Gasteiger partial charge < -0.3 is 10.1 Å². The van der Waals surface area contributed by atoms with Crippen LogP contribution >= 0.6 is 0 Å². The molecule has 0 bridgehead atoms. The van der Waals surface area contributed by atoms with Crippen LogP contribution in [0.3, 0.4) is 0 Å². The second-order valence-electron chi connectivity index (χ2n) is 5.00. The highest BCUT2D eigenvalue weighted by Crippen LogP contribution is 2.28. The van der Waals surface area contributed by atoms with Gasteiger partial charge in [-0.1, -0.05) is 36.4 Å². The molecule has 1 aromatic heterocycles. The van der Waals surface area contributed by atoms with E-state index >= 15 is 0 Å². The van der Waals surface area contributed by atoms with Crippen molar-refractivity contribution >= 4 is 28.2 Å². The summed E-state index contributed by atoms with van der Waals surface area (Å²) in [6.45, 7) is 2.03. The van der Waals surface area contributed by atoms with Crippen molar-refractivity contribution in [3.63, 3.8) is 0 Å². The van der Waals surface area contributed by atoms with Gasteiger partial charge >= 0.3 is 5.97 Å². The fraction of sp³-hybridized carbons (Fsp3) is 0.111. The molecule has 0 aliphatic rings. The van der Waals surface area contributed by atoms with Crippen molar-refractivity contribution in [2.24, 2.45) is 0 Å². The van der Waals surface area contributed by atoms with Crippen molar-refractivity contribution in [2.45, 2.75) is 6.92 Å². The topological polar surface area (TPSA) is 51.2 Å². The highest BCUT2D eigenvalue weighted by atomic mass is 16.5. The number of carbonyl (C=O) groups excluding carboxylic acids is 1. The molecule has 1 N–H and O–H groups in total. The summed E-state index contributed by atoms with van der Waals surface area (Å²) in [5.41, 5.74) is 4.00. The van der Waals surface area contributed by atoms with E-state index in [0.717, 1.165) is 27.8 Å². The number of nitrogens with one attached hydrogen (secondary N) is 1. The van der Waals surface area contributed by atoms with E-state index in [-0.39, 0.29) is 5.69 Å². The Bertz CT molecular complexity index is 843. The van der Waals surface area contributed by atoms with E-state index in [4.69, 9.17) is 4.74 Å². The molecule has 2 aromatic carbocycles. The average molecular weight is 292 g/mol. The molecular weight excluding hydrogens is 276 g/mol. The van der Waals surface area contributed by atoms with Crippen molar-refractivity contribution in [1.82, 2.24) is 4.98 Å². The summed E-state index contributed by atoms with van der Waals surface area (Å²) in [4.78, 5) is 16.2. The lowest BCUT2D eigenvalue weighted by Gasteiger charge is -2.13. The monoisotopic (exact) mass is 292 g/mol. The molecular formula is C18H16N2O2. The van der Waals surface area contributed by atoms with Crippen molar-refractivity contribution < 1.29 is 9.53 Å². The maximum absolute atomic E-state index is 11.8. The molecule has 4 heteroatoms. The van der Waals surface area contributed by atoms with Crippen LogP contribution < -0.4 is 5.32 Å². The van der Waals surface area contributed by atoms with E-state index in [1.165, 1.54) is 7.11 Å². The number of carbonyl (C=O) groups is 1. The van der Waals surface area contributed by atoms with E-state index in [9.17, 15) is 4.79 Å². The van der Waals surface area contributed by atoms with Crippen LogP contribution in [0.15, 0.2) is 54.6 Å². The molecule has 0 aliphatic carbocycles. The van der Waals surface area contributed by atoms with Gasteiger partial charge in [-0.2, -0.15) is 0 Å². The van der Waals surface area contributed by atoms with Gasteiger partial charge in [0.2, 0.25) is 0 Å². The molecule has 0 amide bonds. The standard InChI is InChI=1S/C18H16N2O2/c1-12-7-3-5-9-14(12)19-16-11-17(18(21)22-2)20-15-10-6-4-8-13(15)16/h3-11H,1-2H3,(H,19,20). The molecule has 0 spiro atoms. The third-order valence-corrected chi connectivity index (χ3v) is 3.53. The number of rotatable bonds is 3. The molecule has 110 valence electrons. The van der Waals surface area contributed by atoms with Gasteiger partial charge in [-0.15, -0.1) is 0 Å². The van der Waals surface area contributed by atoms with Crippen LogP contribution in [0.2, 0.25) is 0 Å². The van der Waals surface area contributed by atoms with Crippen LogP contribution in [0.4, 0.5) is 11.4 Å². The average Bonchev–Trinajstić information content (AvgIpc) is 2.56. The number of para-hydroxylation sites is 2. The maximum Gasteiger partial charge on any atom is 0.356 e. The molecule has 4 nitrogen and oxygen atoms in total. The molecule has 0 atom stereocenters. The summed E-state index contributed by atoms with van der Waals surface area (Å²) < 4.78 is 4.78. The third-order valence-electron chi connectivity index (χ3n) is 3.53. The van der Waals surface area contributed by atoms with E-state index in [2.05, 4.69) is 10.3 Å². The zero-order valence-electron chi connectivity index (χ0n) is 12.5. The quantitative estimate of drug-likeness (QED) is 0.739. The lowest BCUT2D eigenvalue weighted by atomic mass is 10.1. The summed E-state index contributed by atoms with van der Waals surface area (Å²) in [5, 5.41) is 4.34. The number of hydrogen-bond donors (Lipinski definition) is 1. The number of fused-ring (bicyclic) bond motifs is 1. The van der Waals surface area contributed by atoms with Gasteiger partial charge in [0.25, 0.3) is 0 Å². The van der Waals surface area contributed by atoms with Gasteiger partial charge in [0.1, 0.15) is 0 Å². The molecule has 0 radical (unpaired) electrons. The van der Waals surface area contributed by atoms with Crippen LogP contribution in [0.5, 0.6) is 0 Å². The van der Waals surface area contributed by atoms with Crippen molar-refractivity contribution in [2.75, 3.05) is 12.4 Å². The van der Waals surface area contributed by atoms with Crippen LogP contribution in [0.1, 0.15) is 16.1 Å². The van der Waals surface area contributed by atoms with Gasteiger partial charge in [0, 0.05) is 11.1 Å². The van der Waals surface area contributed by atoms with E-state index in [0.29, 0.717) is 0 Å². The minimum Gasteiger partial charge on any atom is -0.464 e. The summed E-state index contributed by atoms with van der Waals surface area (Å²) >= 11 is 0.